The first-order valence-corrected chi connectivity index (χ1v) is 8.24. The summed E-state index contributed by atoms with van der Waals surface area (Å²) in [5.41, 5.74) is 4.07. The van der Waals surface area contributed by atoms with Crippen molar-refractivity contribution in [3.63, 3.8) is 0 Å². The fourth-order valence-electron chi connectivity index (χ4n) is 2.71. The van der Waals surface area contributed by atoms with Crippen LogP contribution in [0.3, 0.4) is 0 Å². The lowest BCUT2D eigenvalue weighted by molar-refractivity contribution is 0.122. The maximum absolute atomic E-state index is 12.2. The zero-order valence-corrected chi connectivity index (χ0v) is 13.9. The largest absolute Gasteiger partial charge is 0.378 e. The minimum Gasteiger partial charge on any atom is -0.378 e. The molecule has 0 atom stereocenters. The highest BCUT2D eigenvalue weighted by atomic mass is 16.5. The van der Waals surface area contributed by atoms with Crippen LogP contribution in [0.25, 0.3) is 0 Å². The normalized spacial score (nSPS) is 14.3. The molecule has 0 spiro atoms. The van der Waals surface area contributed by atoms with Gasteiger partial charge in [0.1, 0.15) is 0 Å². The number of carbonyl (C=O) groups is 1. The van der Waals surface area contributed by atoms with Gasteiger partial charge in [0.15, 0.2) is 0 Å². The molecular weight excluding hydrogens is 302 g/mol. The van der Waals surface area contributed by atoms with Gasteiger partial charge in [-0.1, -0.05) is 36.4 Å². The van der Waals surface area contributed by atoms with Crippen LogP contribution in [-0.2, 0) is 11.3 Å². The number of rotatable bonds is 4. The number of nitrogens with zero attached hydrogens (tertiary/aromatic N) is 1. The molecule has 1 heterocycles. The molecular formula is C19H23N3O2. The van der Waals surface area contributed by atoms with E-state index in [1.807, 2.05) is 49.4 Å². The Kier molecular flexibility index (Phi) is 5.33. The highest BCUT2D eigenvalue weighted by Crippen LogP contribution is 2.24. The van der Waals surface area contributed by atoms with Crippen LogP contribution in [0.15, 0.2) is 48.5 Å². The fraction of sp³-hybridized carbons (Fsp3) is 0.316. The van der Waals surface area contributed by atoms with E-state index in [4.69, 9.17) is 4.74 Å². The van der Waals surface area contributed by atoms with Crippen LogP contribution in [0.5, 0.6) is 0 Å². The van der Waals surface area contributed by atoms with Crippen molar-refractivity contribution in [2.75, 3.05) is 36.5 Å². The average molecular weight is 325 g/mol. The van der Waals surface area contributed by atoms with Crippen molar-refractivity contribution in [1.29, 1.82) is 0 Å². The van der Waals surface area contributed by atoms with Crippen LogP contribution in [0.4, 0.5) is 16.2 Å². The molecule has 5 nitrogen and oxygen atoms in total. The predicted octanol–water partition coefficient (Wildman–Crippen LogP) is 3.15. The maximum atomic E-state index is 12.2. The summed E-state index contributed by atoms with van der Waals surface area (Å²) in [7, 11) is 0. The fourth-order valence-corrected chi connectivity index (χ4v) is 2.71. The first kappa shape index (κ1) is 16.3. The van der Waals surface area contributed by atoms with Crippen LogP contribution in [0.1, 0.15) is 11.1 Å². The lowest BCUT2D eigenvalue weighted by Gasteiger charge is -2.29. The standard InChI is InChI=1S/C19H23N3O2/c1-15-7-8-17(22-9-11-24-12-10-22)13-18(15)21-19(23)20-14-16-5-3-2-4-6-16/h2-8,13H,9-12,14H2,1H3,(H2,20,21,23). The van der Waals surface area contributed by atoms with E-state index >= 15 is 0 Å². The third-order valence-corrected chi connectivity index (χ3v) is 4.14. The number of benzene rings is 2. The second kappa shape index (κ2) is 7.84. The van der Waals surface area contributed by atoms with Crippen molar-refractivity contribution in [1.82, 2.24) is 5.32 Å². The summed E-state index contributed by atoms with van der Waals surface area (Å²) in [6.07, 6.45) is 0. The molecule has 1 saturated heterocycles. The third-order valence-electron chi connectivity index (χ3n) is 4.14. The molecule has 1 aliphatic heterocycles. The molecule has 0 aromatic heterocycles. The van der Waals surface area contributed by atoms with E-state index in [0.717, 1.165) is 48.8 Å². The Balaban J connectivity index is 1.62. The quantitative estimate of drug-likeness (QED) is 0.908. The van der Waals surface area contributed by atoms with Crippen molar-refractivity contribution in [3.8, 4) is 0 Å². The summed E-state index contributed by atoms with van der Waals surface area (Å²) >= 11 is 0. The van der Waals surface area contributed by atoms with Crippen LogP contribution in [0, 0.1) is 6.92 Å². The molecule has 0 aliphatic carbocycles. The minimum atomic E-state index is -0.193. The first-order valence-electron chi connectivity index (χ1n) is 8.24. The zero-order chi connectivity index (χ0) is 16.8. The molecule has 2 amide bonds. The number of aryl methyl sites for hydroxylation is 1. The number of ether oxygens (including phenoxy) is 1. The molecule has 1 aliphatic rings. The van der Waals surface area contributed by atoms with Crippen LogP contribution >= 0.6 is 0 Å². The summed E-state index contributed by atoms with van der Waals surface area (Å²) in [6, 6.07) is 15.8. The molecule has 24 heavy (non-hydrogen) atoms. The van der Waals surface area contributed by atoms with E-state index in [0.29, 0.717) is 6.54 Å². The van der Waals surface area contributed by atoms with Gasteiger partial charge >= 0.3 is 6.03 Å². The Labute approximate surface area is 142 Å². The lowest BCUT2D eigenvalue weighted by atomic mass is 10.1. The van der Waals surface area contributed by atoms with Crippen molar-refractivity contribution in [3.05, 3.63) is 59.7 Å². The number of nitrogens with one attached hydrogen (secondary N) is 2. The Morgan fingerprint density at radius 3 is 2.62 bits per heavy atom. The SMILES string of the molecule is Cc1ccc(N2CCOCC2)cc1NC(=O)NCc1ccccc1. The molecule has 5 heteroatoms. The molecule has 1 fully saturated rings. The molecule has 0 radical (unpaired) electrons. The lowest BCUT2D eigenvalue weighted by Crippen LogP contribution is -2.36. The van der Waals surface area contributed by atoms with Crippen molar-refractivity contribution in [2.45, 2.75) is 13.5 Å². The number of hydrogen-bond acceptors (Lipinski definition) is 3. The van der Waals surface area contributed by atoms with Gasteiger partial charge in [-0.25, -0.2) is 4.79 Å². The van der Waals surface area contributed by atoms with E-state index in [1.165, 1.54) is 0 Å². The van der Waals surface area contributed by atoms with Crippen LogP contribution in [-0.4, -0.2) is 32.3 Å². The van der Waals surface area contributed by atoms with Crippen molar-refractivity contribution >= 4 is 17.4 Å². The number of amides is 2. The topological polar surface area (TPSA) is 53.6 Å². The van der Waals surface area contributed by atoms with E-state index < -0.39 is 0 Å². The monoisotopic (exact) mass is 325 g/mol. The Hall–Kier alpha value is -2.53. The second-order valence-electron chi connectivity index (χ2n) is 5.89. The van der Waals surface area contributed by atoms with E-state index in [2.05, 4.69) is 21.6 Å². The molecule has 3 rings (SSSR count). The molecule has 0 saturated carbocycles. The summed E-state index contributed by atoms with van der Waals surface area (Å²) in [5, 5.41) is 5.84. The summed E-state index contributed by atoms with van der Waals surface area (Å²) < 4.78 is 5.39. The smallest absolute Gasteiger partial charge is 0.319 e. The van der Waals surface area contributed by atoms with Gasteiger partial charge in [0.25, 0.3) is 0 Å². The Bertz CT molecular complexity index is 682. The van der Waals surface area contributed by atoms with Gasteiger partial charge in [0.05, 0.1) is 13.2 Å². The van der Waals surface area contributed by atoms with Crippen molar-refractivity contribution < 1.29 is 9.53 Å². The molecule has 0 unspecified atom stereocenters. The van der Waals surface area contributed by atoms with Crippen LogP contribution in [0.2, 0.25) is 0 Å². The predicted molar refractivity (Wildman–Crippen MR) is 96.5 cm³/mol. The van der Waals surface area contributed by atoms with Gasteiger partial charge in [0.2, 0.25) is 0 Å². The van der Waals surface area contributed by atoms with Gasteiger partial charge in [0, 0.05) is 31.0 Å². The Morgan fingerprint density at radius 2 is 1.88 bits per heavy atom. The van der Waals surface area contributed by atoms with Gasteiger partial charge < -0.3 is 20.3 Å². The average Bonchev–Trinajstić information content (AvgIpc) is 2.63. The first-order chi connectivity index (χ1) is 11.7. The number of anilines is 2. The van der Waals surface area contributed by atoms with Crippen molar-refractivity contribution in [2.24, 2.45) is 0 Å². The Morgan fingerprint density at radius 1 is 1.12 bits per heavy atom. The maximum Gasteiger partial charge on any atom is 0.319 e. The van der Waals surface area contributed by atoms with Gasteiger partial charge in [-0.05, 0) is 30.2 Å². The number of carbonyl (C=O) groups excluding carboxylic acids is 1. The number of urea groups is 1. The third kappa shape index (κ3) is 4.26. The minimum absolute atomic E-state index is 0.193. The highest BCUT2D eigenvalue weighted by molar-refractivity contribution is 5.90. The summed E-state index contributed by atoms with van der Waals surface area (Å²) in [6.45, 7) is 5.75. The van der Waals surface area contributed by atoms with Gasteiger partial charge in [-0.2, -0.15) is 0 Å². The second-order valence-corrected chi connectivity index (χ2v) is 5.89. The van der Waals surface area contributed by atoms with Gasteiger partial charge in [-0.3, -0.25) is 0 Å². The zero-order valence-electron chi connectivity index (χ0n) is 13.9. The molecule has 2 N–H and O–H groups in total. The number of morpholine rings is 1. The molecule has 126 valence electrons. The van der Waals surface area contributed by atoms with Gasteiger partial charge in [-0.15, -0.1) is 0 Å². The highest BCUT2D eigenvalue weighted by Gasteiger charge is 2.13. The molecule has 2 aromatic carbocycles. The molecule has 0 bridgehead atoms. The van der Waals surface area contributed by atoms with E-state index in [-0.39, 0.29) is 6.03 Å². The summed E-state index contributed by atoms with van der Waals surface area (Å²) in [5.74, 6) is 0. The number of hydrogen-bond donors (Lipinski definition) is 2. The van der Waals surface area contributed by atoms with Crippen LogP contribution < -0.4 is 15.5 Å². The summed E-state index contributed by atoms with van der Waals surface area (Å²) in [4.78, 5) is 14.4. The van der Waals surface area contributed by atoms with E-state index in [1.54, 1.807) is 0 Å². The molecule has 2 aromatic rings. The van der Waals surface area contributed by atoms with E-state index in [9.17, 15) is 4.79 Å².